The number of aliphatic hydroxyl groups is 1. The van der Waals surface area contributed by atoms with Crippen molar-refractivity contribution >= 4 is 40.5 Å². The number of piperazine rings is 1. The first-order chi connectivity index (χ1) is 22.5. The molecule has 5 aliphatic carbocycles. The number of aliphatic hydroxyl groups excluding tert-OH is 1. The zero-order chi connectivity index (χ0) is 34.6. The van der Waals surface area contributed by atoms with Crippen LogP contribution in [0.3, 0.4) is 0 Å². The highest BCUT2D eigenvalue weighted by molar-refractivity contribution is 8.14. The fourth-order valence-electron chi connectivity index (χ4n) is 11.0. The number of carbonyl (C=O) groups excluding carboxylic acids is 5. The maximum Gasteiger partial charge on any atom is 0.289 e. The summed E-state index contributed by atoms with van der Waals surface area (Å²) in [5, 5.41) is 10.1. The van der Waals surface area contributed by atoms with Crippen molar-refractivity contribution in [3.8, 4) is 0 Å². The van der Waals surface area contributed by atoms with Crippen LogP contribution >= 0.6 is 11.8 Å². The van der Waals surface area contributed by atoms with Gasteiger partial charge in [-0.3, -0.25) is 28.9 Å². The number of imide groups is 1. The van der Waals surface area contributed by atoms with E-state index in [0.717, 1.165) is 72.8 Å². The Balaban J connectivity index is 1.10. The predicted molar refractivity (Wildman–Crippen MR) is 184 cm³/mol. The monoisotopic (exact) mass is 675 g/mol. The van der Waals surface area contributed by atoms with Crippen LogP contribution in [0, 0.1) is 33.0 Å². The molecule has 0 aromatic rings. The molecule has 48 heavy (non-hydrogen) atoms. The maximum atomic E-state index is 14.4. The van der Waals surface area contributed by atoms with E-state index < -0.39 is 5.41 Å². The predicted octanol–water partition coefficient (Wildman–Crippen LogP) is 5.98. The highest BCUT2D eigenvalue weighted by Crippen LogP contribution is 2.75. The molecule has 5 fully saturated rings. The second-order valence-electron chi connectivity index (χ2n) is 16.8. The van der Waals surface area contributed by atoms with Crippen molar-refractivity contribution in [3.05, 3.63) is 46.3 Å². The number of rotatable bonds is 3. The van der Waals surface area contributed by atoms with Gasteiger partial charge in [0.2, 0.25) is 23.5 Å². The molecule has 0 unspecified atom stereocenters. The Morgan fingerprint density at radius 1 is 0.896 bits per heavy atom. The average molecular weight is 676 g/mol. The summed E-state index contributed by atoms with van der Waals surface area (Å²) in [5.74, 6) is -0.437. The lowest BCUT2D eigenvalue weighted by Gasteiger charge is -2.70. The molecular weight excluding hydrogens is 626 g/mol. The fraction of sp³-hybridized carbons (Fsp3) is 0.658. The molecule has 4 amide bonds. The van der Waals surface area contributed by atoms with E-state index in [1.807, 2.05) is 11.8 Å². The quantitative estimate of drug-likeness (QED) is 0.392. The number of ketones is 1. The minimum Gasteiger partial charge on any atom is -0.504 e. The third kappa shape index (κ3) is 4.59. The summed E-state index contributed by atoms with van der Waals surface area (Å²) in [4.78, 5) is 68.8. The van der Waals surface area contributed by atoms with Crippen molar-refractivity contribution in [1.82, 2.24) is 14.7 Å². The molecule has 6 atom stereocenters. The van der Waals surface area contributed by atoms with Gasteiger partial charge in [-0.25, -0.2) is 0 Å². The van der Waals surface area contributed by atoms with Crippen LogP contribution in [0.4, 0.5) is 4.79 Å². The molecule has 0 radical (unpaired) electrons. The Kier molecular flexibility index (Phi) is 7.60. The van der Waals surface area contributed by atoms with E-state index in [2.05, 4.69) is 46.8 Å². The Morgan fingerprint density at radius 2 is 1.56 bits per heavy atom. The number of hydrogen-bond acceptors (Lipinski definition) is 7. The highest BCUT2D eigenvalue weighted by Gasteiger charge is 2.67. The van der Waals surface area contributed by atoms with Gasteiger partial charge in [0.1, 0.15) is 6.54 Å². The van der Waals surface area contributed by atoms with E-state index in [9.17, 15) is 29.1 Å². The van der Waals surface area contributed by atoms with Crippen molar-refractivity contribution in [2.75, 3.05) is 38.5 Å². The lowest BCUT2D eigenvalue weighted by Crippen LogP contribution is -2.63. The van der Waals surface area contributed by atoms with Gasteiger partial charge >= 0.3 is 0 Å². The number of allylic oxidation sites excluding steroid dienone is 7. The van der Waals surface area contributed by atoms with Crippen LogP contribution in [0.5, 0.6) is 0 Å². The molecule has 2 aliphatic heterocycles. The van der Waals surface area contributed by atoms with Crippen molar-refractivity contribution in [2.24, 2.45) is 33.0 Å². The van der Waals surface area contributed by atoms with Gasteiger partial charge in [-0.05, 0) is 91.3 Å². The molecule has 0 aromatic heterocycles. The zero-order valence-corrected chi connectivity index (χ0v) is 30.1. The zero-order valence-electron chi connectivity index (χ0n) is 29.2. The second kappa shape index (κ2) is 10.9. The molecule has 2 saturated heterocycles. The summed E-state index contributed by atoms with van der Waals surface area (Å²) in [6.07, 6.45) is 12.8. The number of nitrogens with zero attached hydrogens (tertiary/aromatic N) is 3. The summed E-state index contributed by atoms with van der Waals surface area (Å²) in [5.41, 5.74) is 3.24. The Hall–Kier alpha value is -3.14. The molecule has 10 heteroatoms. The van der Waals surface area contributed by atoms with Crippen LogP contribution in [0.25, 0.3) is 0 Å². The van der Waals surface area contributed by atoms with E-state index in [4.69, 9.17) is 0 Å². The molecule has 0 spiro atoms. The molecule has 2 heterocycles. The Morgan fingerprint density at radius 3 is 2.23 bits per heavy atom. The topological polar surface area (TPSA) is 115 Å². The first-order valence-electron chi connectivity index (χ1n) is 17.6. The molecule has 0 bridgehead atoms. The molecule has 7 rings (SSSR count). The largest absolute Gasteiger partial charge is 0.504 e. The van der Waals surface area contributed by atoms with E-state index in [1.165, 1.54) is 5.57 Å². The van der Waals surface area contributed by atoms with Gasteiger partial charge in [-0.15, -0.1) is 0 Å². The van der Waals surface area contributed by atoms with Crippen LogP contribution < -0.4 is 0 Å². The highest BCUT2D eigenvalue weighted by atomic mass is 32.2. The standard InChI is InChI=1S/C38H49N3O6S/c1-23-24-7-8-27-36(4,25(24)19-26(42)31(23)45)12-14-38(6)28-20-35(3,10-9-34(28,2)11-13-37(27,38)5)32(46)40-17-15-39(16-18-40)29(43)21-41-30(44)22-48-33(41)47/h7-8,19,28,45H,9-18,20-22H2,1-6H3/t28-,34-,35-,36+,37-,38+/m1/s1. The van der Waals surface area contributed by atoms with Gasteiger partial charge in [0, 0.05) is 42.6 Å². The molecule has 258 valence electrons. The summed E-state index contributed by atoms with van der Waals surface area (Å²) in [6.45, 7) is 15.1. The van der Waals surface area contributed by atoms with Crippen LogP contribution in [0.1, 0.15) is 86.5 Å². The van der Waals surface area contributed by atoms with Crippen LogP contribution in [-0.4, -0.2) is 87.0 Å². The van der Waals surface area contributed by atoms with Crippen molar-refractivity contribution in [2.45, 2.75) is 86.5 Å². The van der Waals surface area contributed by atoms with E-state index in [-0.39, 0.29) is 68.5 Å². The molecule has 7 aliphatic rings. The Bertz CT molecular complexity index is 1650. The Labute approximate surface area is 287 Å². The second-order valence-corrected chi connectivity index (χ2v) is 17.7. The summed E-state index contributed by atoms with van der Waals surface area (Å²) in [7, 11) is 0. The molecule has 0 aromatic carbocycles. The SMILES string of the molecule is CC1=C(O)C(=O)C=C2C1=CC=C1[C@@]2(C)CC[C@@]2(C)[C@@H]3C[C@](C)(C(=O)N4CCN(C(=O)CN5C(=O)CSC5=O)CC4)CC[C@]3(C)CC[C@]12C. The van der Waals surface area contributed by atoms with Gasteiger partial charge in [0.05, 0.1) is 5.75 Å². The minimum atomic E-state index is -0.504. The number of fused-ring (bicyclic) bond motifs is 7. The summed E-state index contributed by atoms with van der Waals surface area (Å²) < 4.78 is 0. The van der Waals surface area contributed by atoms with Gasteiger partial charge in [0.15, 0.2) is 5.76 Å². The third-order valence-corrected chi connectivity index (χ3v) is 15.3. The van der Waals surface area contributed by atoms with Crippen molar-refractivity contribution < 1.29 is 29.1 Å². The van der Waals surface area contributed by atoms with E-state index >= 15 is 0 Å². The average Bonchev–Trinajstić information content (AvgIpc) is 3.38. The summed E-state index contributed by atoms with van der Waals surface area (Å²) in [6, 6.07) is 0. The van der Waals surface area contributed by atoms with E-state index in [1.54, 1.807) is 11.0 Å². The molecular formula is C38H49N3O6S. The van der Waals surface area contributed by atoms with Crippen LogP contribution in [0.15, 0.2) is 46.3 Å². The number of hydrogen-bond donors (Lipinski definition) is 1. The van der Waals surface area contributed by atoms with Gasteiger partial charge in [-0.2, -0.15) is 0 Å². The van der Waals surface area contributed by atoms with Gasteiger partial charge < -0.3 is 14.9 Å². The molecule has 1 N–H and O–H groups in total. The van der Waals surface area contributed by atoms with Crippen LogP contribution in [0.2, 0.25) is 0 Å². The smallest absolute Gasteiger partial charge is 0.289 e. The number of carbonyl (C=O) groups is 5. The summed E-state index contributed by atoms with van der Waals surface area (Å²) >= 11 is 0.929. The lowest BCUT2D eigenvalue weighted by molar-refractivity contribution is -0.175. The van der Waals surface area contributed by atoms with Gasteiger partial charge in [0.25, 0.3) is 5.24 Å². The first-order valence-corrected chi connectivity index (χ1v) is 18.6. The molecule has 3 saturated carbocycles. The normalized spacial score (nSPS) is 39.6. The molecule has 9 nitrogen and oxygen atoms in total. The van der Waals surface area contributed by atoms with Crippen molar-refractivity contribution in [3.63, 3.8) is 0 Å². The third-order valence-electron chi connectivity index (χ3n) is 14.4. The fourth-order valence-corrected chi connectivity index (χ4v) is 11.7. The minimum absolute atomic E-state index is 0.0429. The maximum absolute atomic E-state index is 14.4. The number of amides is 4. The van der Waals surface area contributed by atoms with E-state index in [0.29, 0.717) is 37.7 Å². The number of thioether (sulfide) groups is 1. The van der Waals surface area contributed by atoms with Gasteiger partial charge in [-0.1, -0.05) is 64.1 Å². The first kappa shape index (κ1) is 33.4. The van der Waals surface area contributed by atoms with Crippen LogP contribution in [-0.2, 0) is 19.2 Å². The van der Waals surface area contributed by atoms with Crippen molar-refractivity contribution in [1.29, 1.82) is 0 Å². The lowest BCUT2D eigenvalue weighted by atomic mass is 9.34.